The van der Waals surface area contributed by atoms with Crippen LogP contribution in [-0.2, 0) is 6.56 Å². The lowest BCUT2D eigenvalue weighted by Gasteiger charge is -2.12. The second-order valence-corrected chi connectivity index (χ2v) is 8.92. The highest BCUT2D eigenvalue weighted by Gasteiger charge is 2.23. The molecular formula is C28H24Cl2FNO2. The summed E-state index contributed by atoms with van der Waals surface area (Å²) in [6, 6.07) is 17.3. The molecule has 34 heavy (non-hydrogen) atoms. The number of hydrogen-bond acceptors (Lipinski definition) is 3. The van der Waals surface area contributed by atoms with E-state index in [2.05, 4.69) is 5.16 Å². The third-order valence-electron chi connectivity index (χ3n) is 5.27. The highest BCUT2D eigenvalue weighted by molar-refractivity contribution is 6.33. The second kappa shape index (κ2) is 10.5. The maximum Gasteiger partial charge on any atom is 0.165 e. The Bertz CT molecular complexity index is 1400. The fourth-order valence-corrected chi connectivity index (χ4v) is 4.03. The number of benzene rings is 3. The summed E-state index contributed by atoms with van der Waals surface area (Å²) < 4.78 is 43.8. The normalized spacial score (nSPS) is 12.8. The largest absolute Gasteiger partial charge is 0.486 e. The van der Waals surface area contributed by atoms with Gasteiger partial charge in [0.1, 0.15) is 18.0 Å². The third-order valence-corrected chi connectivity index (χ3v) is 5.91. The molecular weight excluding hydrogens is 472 g/mol. The van der Waals surface area contributed by atoms with Gasteiger partial charge in [0.05, 0.1) is 18.4 Å². The average Bonchev–Trinajstić information content (AvgIpc) is 3.27. The van der Waals surface area contributed by atoms with E-state index in [4.69, 9.17) is 35.2 Å². The van der Waals surface area contributed by atoms with Gasteiger partial charge in [0, 0.05) is 17.5 Å². The maximum absolute atomic E-state index is 15.1. The van der Waals surface area contributed by atoms with E-state index in [0.29, 0.717) is 16.1 Å². The summed E-state index contributed by atoms with van der Waals surface area (Å²) in [5.74, 6) is -1.03. The Morgan fingerprint density at radius 3 is 2.53 bits per heavy atom. The molecule has 174 valence electrons. The Labute approximate surface area is 211 Å². The Morgan fingerprint density at radius 1 is 1.06 bits per heavy atom. The summed E-state index contributed by atoms with van der Waals surface area (Å²) in [6.07, 6.45) is 3.50. The van der Waals surface area contributed by atoms with Crippen LogP contribution in [0.4, 0.5) is 4.39 Å². The Morgan fingerprint density at radius 2 is 1.82 bits per heavy atom. The number of aromatic nitrogens is 1. The standard InChI is InChI=1S/C28H24Cl2FNO2/c1-17(2)28-21(27(32-34-28)26-18(3)8-7-11-22(26)29)16-33-25-15-23(30)20(14-24(25)31)13-12-19-9-5-4-6-10-19/h4-15,17H,16H2,1-3H3/b13-12+/i16D2. The first-order valence-corrected chi connectivity index (χ1v) is 11.5. The molecule has 4 rings (SSSR count). The van der Waals surface area contributed by atoms with Gasteiger partial charge in [-0.1, -0.05) is 96.8 Å². The van der Waals surface area contributed by atoms with Crippen LogP contribution in [0.5, 0.6) is 5.75 Å². The molecule has 1 heterocycles. The van der Waals surface area contributed by atoms with Crippen LogP contribution in [0.1, 0.15) is 50.5 Å². The zero-order valence-electron chi connectivity index (χ0n) is 20.9. The molecule has 6 heteroatoms. The number of hydrogen-bond donors (Lipinski definition) is 0. The molecule has 0 amide bonds. The SMILES string of the molecule is [2H]C([2H])(Oc1cc(Cl)c(/C=C/c2ccccc2)cc1F)c1c(-c2c(C)cccc2Cl)noc1C(C)C. The molecule has 0 fully saturated rings. The first kappa shape index (κ1) is 21.5. The molecule has 0 saturated heterocycles. The molecule has 0 bridgehead atoms. The van der Waals surface area contributed by atoms with Crippen LogP contribution in [0.15, 0.2) is 65.2 Å². The van der Waals surface area contributed by atoms with Crippen LogP contribution >= 0.6 is 23.2 Å². The highest BCUT2D eigenvalue weighted by Crippen LogP contribution is 2.37. The van der Waals surface area contributed by atoms with Crippen molar-refractivity contribution in [3.05, 3.63) is 105 Å². The number of rotatable bonds is 7. The van der Waals surface area contributed by atoms with Crippen LogP contribution in [0, 0.1) is 12.7 Å². The molecule has 0 aliphatic carbocycles. The minimum Gasteiger partial charge on any atom is -0.486 e. The summed E-state index contributed by atoms with van der Waals surface area (Å²) in [5, 5.41) is 4.74. The lowest BCUT2D eigenvalue weighted by Crippen LogP contribution is -2.03. The van der Waals surface area contributed by atoms with E-state index in [1.165, 1.54) is 12.1 Å². The number of halogens is 3. The maximum atomic E-state index is 15.1. The van der Waals surface area contributed by atoms with Gasteiger partial charge in [-0.25, -0.2) is 4.39 Å². The molecule has 0 aliphatic rings. The van der Waals surface area contributed by atoms with E-state index < -0.39 is 12.4 Å². The van der Waals surface area contributed by atoms with E-state index in [1.54, 1.807) is 18.2 Å². The lowest BCUT2D eigenvalue weighted by atomic mass is 9.98. The summed E-state index contributed by atoms with van der Waals surface area (Å²) in [7, 11) is 0. The van der Waals surface area contributed by atoms with Gasteiger partial charge < -0.3 is 9.26 Å². The van der Waals surface area contributed by atoms with Crippen LogP contribution in [0.25, 0.3) is 23.4 Å². The van der Waals surface area contributed by atoms with E-state index in [9.17, 15) is 0 Å². The Balaban J connectivity index is 1.73. The van der Waals surface area contributed by atoms with Gasteiger partial charge in [0.2, 0.25) is 0 Å². The average molecular weight is 498 g/mol. The van der Waals surface area contributed by atoms with Gasteiger partial charge >= 0.3 is 0 Å². The number of aryl methyl sites for hydroxylation is 1. The fourth-order valence-electron chi connectivity index (χ4n) is 3.50. The van der Waals surface area contributed by atoms with E-state index in [0.717, 1.165) is 11.1 Å². The summed E-state index contributed by atoms with van der Waals surface area (Å²) in [4.78, 5) is 0. The highest BCUT2D eigenvalue weighted by atomic mass is 35.5. The van der Waals surface area contributed by atoms with Crippen molar-refractivity contribution in [2.24, 2.45) is 0 Å². The fraction of sp³-hybridized carbons (Fsp3) is 0.179. The van der Waals surface area contributed by atoms with Crippen LogP contribution in [-0.4, -0.2) is 5.16 Å². The molecule has 3 aromatic carbocycles. The molecule has 0 saturated carbocycles. The van der Waals surface area contributed by atoms with Gasteiger partial charge in [-0.2, -0.15) is 0 Å². The zero-order chi connectivity index (χ0) is 26.0. The predicted molar refractivity (Wildman–Crippen MR) is 137 cm³/mol. The minimum atomic E-state index is -2.51. The molecule has 0 unspecified atom stereocenters. The zero-order valence-corrected chi connectivity index (χ0v) is 20.4. The molecule has 4 aromatic rings. The van der Waals surface area contributed by atoms with Crippen molar-refractivity contribution in [1.29, 1.82) is 0 Å². The molecule has 0 aliphatic heterocycles. The Hall–Kier alpha value is -3.08. The number of ether oxygens (including phenoxy) is 1. The van der Waals surface area contributed by atoms with Crippen LogP contribution in [0.3, 0.4) is 0 Å². The van der Waals surface area contributed by atoms with Crippen molar-refractivity contribution >= 4 is 35.4 Å². The van der Waals surface area contributed by atoms with E-state index >= 15 is 4.39 Å². The molecule has 0 atom stereocenters. The topological polar surface area (TPSA) is 35.3 Å². The van der Waals surface area contributed by atoms with Gasteiger partial charge in [-0.05, 0) is 35.7 Å². The van der Waals surface area contributed by atoms with Crippen molar-refractivity contribution in [2.75, 3.05) is 0 Å². The molecule has 0 spiro atoms. The second-order valence-electron chi connectivity index (χ2n) is 8.11. The first-order valence-electron chi connectivity index (χ1n) is 11.7. The third kappa shape index (κ3) is 5.19. The van der Waals surface area contributed by atoms with Crippen LogP contribution in [0.2, 0.25) is 10.0 Å². The number of nitrogens with zero attached hydrogens (tertiary/aromatic N) is 1. The minimum absolute atomic E-state index is 0.0530. The summed E-state index contributed by atoms with van der Waals surface area (Å²) in [6.45, 7) is 3.02. The van der Waals surface area contributed by atoms with Gasteiger partial charge in [-0.3, -0.25) is 0 Å². The molecule has 1 aromatic heterocycles. The van der Waals surface area contributed by atoms with Gasteiger partial charge in [-0.15, -0.1) is 0 Å². The van der Waals surface area contributed by atoms with Crippen molar-refractivity contribution in [2.45, 2.75) is 33.2 Å². The van der Waals surface area contributed by atoms with Gasteiger partial charge in [0.15, 0.2) is 11.6 Å². The first-order chi connectivity index (χ1) is 17.1. The monoisotopic (exact) mass is 497 g/mol. The quantitative estimate of drug-likeness (QED) is 0.239. The van der Waals surface area contributed by atoms with Crippen molar-refractivity contribution in [1.82, 2.24) is 5.16 Å². The smallest absolute Gasteiger partial charge is 0.165 e. The molecule has 0 radical (unpaired) electrons. The van der Waals surface area contributed by atoms with Crippen molar-refractivity contribution < 1.29 is 16.4 Å². The predicted octanol–water partition coefficient (Wildman–Crippen LogP) is 8.97. The van der Waals surface area contributed by atoms with Gasteiger partial charge in [0.25, 0.3) is 0 Å². The van der Waals surface area contributed by atoms with Crippen LogP contribution < -0.4 is 4.74 Å². The summed E-state index contributed by atoms with van der Waals surface area (Å²) >= 11 is 12.8. The Kier molecular flexibility index (Phi) is 6.60. The molecule has 3 nitrogen and oxygen atoms in total. The molecule has 0 N–H and O–H groups in total. The van der Waals surface area contributed by atoms with Crippen molar-refractivity contribution in [3.8, 4) is 17.0 Å². The van der Waals surface area contributed by atoms with E-state index in [-0.39, 0.29) is 33.7 Å². The van der Waals surface area contributed by atoms with Crippen molar-refractivity contribution in [3.63, 3.8) is 0 Å². The van der Waals surface area contributed by atoms with E-state index in [1.807, 2.05) is 63.2 Å². The lowest BCUT2D eigenvalue weighted by molar-refractivity contribution is 0.284. The summed E-state index contributed by atoms with van der Waals surface area (Å²) in [5.41, 5.74) is 2.94.